The highest BCUT2D eigenvalue weighted by molar-refractivity contribution is 6.09. The van der Waals surface area contributed by atoms with E-state index in [2.05, 4.69) is 39.1 Å². The molecule has 1 saturated carbocycles. The number of aromatic nitrogens is 5. The van der Waals surface area contributed by atoms with Crippen LogP contribution >= 0.6 is 0 Å². The zero-order chi connectivity index (χ0) is 25.2. The van der Waals surface area contributed by atoms with Crippen LogP contribution in [0.2, 0.25) is 0 Å². The first-order valence-electron chi connectivity index (χ1n) is 11.5. The van der Waals surface area contributed by atoms with E-state index in [0.29, 0.717) is 46.8 Å². The number of allylic oxidation sites excluding steroid dienone is 1. The van der Waals surface area contributed by atoms with Gasteiger partial charge in [0.05, 0.1) is 35.0 Å². The van der Waals surface area contributed by atoms with Gasteiger partial charge in [0.1, 0.15) is 5.82 Å². The summed E-state index contributed by atoms with van der Waals surface area (Å²) >= 11 is 0. The summed E-state index contributed by atoms with van der Waals surface area (Å²) in [5, 5.41) is 21.6. The number of nitrogens with zero attached hydrogens (tertiary/aromatic N) is 6. The molecule has 0 radical (unpaired) electrons. The summed E-state index contributed by atoms with van der Waals surface area (Å²) in [5.74, 6) is 1.93. The third kappa shape index (κ3) is 5.32. The Balaban J connectivity index is 1.60. The summed E-state index contributed by atoms with van der Waals surface area (Å²) in [4.78, 5) is 13.6. The van der Waals surface area contributed by atoms with Crippen molar-refractivity contribution < 1.29 is 9.63 Å². The second-order valence-electron chi connectivity index (χ2n) is 9.65. The molecule has 4 N–H and O–H groups in total. The normalized spacial score (nSPS) is 16.4. The molecule has 0 bridgehead atoms. The predicted molar refractivity (Wildman–Crippen MR) is 134 cm³/mol. The minimum Gasteiger partial charge on any atom is -0.404 e. The van der Waals surface area contributed by atoms with E-state index in [-0.39, 0.29) is 0 Å². The average molecular weight is 477 g/mol. The van der Waals surface area contributed by atoms with E-state index in [9.17, 15) is 5.11 Å². The van der Waals surface area contributed by atoms with Crippen LogP contribution in [0.4, 0.5) is 0 Å². The summed E-state index contributed by atoms with van der Waals surface area (Å²) in [7, 11) is 1.75. The number of rotatable bonds is 10. The Bertz CT molecular complexity index is 1240. The van der Waals surface area contributed by atoms with Crippen molar-refractivity contribution >= 4 is 11.8 Å². The van der Waals surface area contributed by atoms with Crippen LogP contribution < -0.4 is 11.1 Å². The zero-order valence-electron chi connectivity index (χ0n) is 20.6. The molecule has 1 aliphatic rings. The molecule has 184 valence electrons. The number of aliphatic hydroxyl groups is 1. The van der Waals surface area contributed by atoms with Crippen LogP contribution in [0, 0.1) is 5.92 Å². The Morgan fingerprint density at radius 1 is 1.34 bits per heavy atom. The second-order valence-corrected chi connectivity index (χ2v) is 9.65. The molecule has 3 aromatic rings. The molecule has 0 aromatic carbocycles. The van der Waals surface area contributed by atoms with E-state index in [0.717, 1.165) is 18.4 Å². The molecule has 10 nitrogen and oxygen atoms in total. The highest BCUT2D eigenvalue weighted by Crippen LogP contribution is 2.50. The topological polar surface area (TPSA) is 140 Å². The van der Waals surface area contributed by atoms with Gasteiger partial charge in [0.2, 0.25) is 0 Å². The van der Waals surface area contributed by atoms with Gasteiger partial charge in [0.15, 0.2) is 5.82 Å². The van der Waals surface area contributed by atoms with Gasteiger partial charge in [-0.2, -0.15) is 10.1 Å². The van der Waals surface area contributed by atoms with Crippen molar-refractivity contribution in [2.45, 2.75) is 51.2 Å². The van der Waals surface area contributed by atoms with E-state index >= 15 is 0 Å². The van der Waals surface area contributed by atoms with Gasteiger partial charge in [-0.3, -0.25) is 9.67 Å². The zero-order valence-corrected chi connectivity index (χ0v) is 20.6. The lowest BCUT2D eigenvalue weighted by Crippen LogP contribution is -2.28. The van der Waals surface area contributed by atoms with E-state index in [1.54, 1.807) is 44.2 Å². The second kappa shape index (κ2) is 9.46. The molecule has 1 atom stereocenters. The molecule has 10 heteroatoms. The van der Waals surface area contributed by atoms with Gasteiger partial charge >= 0.3 is 0 Å². The van der Waals surface area contributed by atoms with Gasteiger partial charge in [-0.05, 0) is 51.2 Å². The van der Waals surface area contributed by atoms with Crippen molar-refractivity contribution in [1.82, 2.24) is 30.2 Å². The smallest absolute Gasteiger partial charge is 0.261 e. The Morgan fingerprint density at radius 3 is 2.71 bits per heavy atom. The van der Waals surface area contributed by atoms with Gasteiger partial charge in [-0.15, -0.1) is 0 Å². The van der Waals surface area contributed by atoms with Gasteiger partial charge in [-0.1, -0.05) is 17.8 Å². The maximum atomic E-state index is 10.0. The molecule has 35 heavy (non-hydrogen) atoms. The predicted octanol–water partition coefficient (Wildman–Crippen LogP) is 2.88. The van der Waals surface area contributed by atoms with Crippen molar-refractivity contribution in [1.29, 1.82) is 0 Å². The fraction of sp³-hybridized carbons (Fsp3) is 0.400. The van der Waals surface area contributed by atoms with Gasteiger partial charge in [0, 0.05) is 37.4 Å². The van der Waals surface area contributed by atoms with Crippen LogP contribution in [0.3, 0.4) is 0 Å². The fourth-order valence-electron chi connectivity index (χ4n) is 4.00. The number of pyridine rings is 1. The first-order valence-corrected chi connectivity index (χ1v) is 11.5. The summed E-state index contributed by atoms with van der Waals surface area (Å²) in [6, 6.07) is 3.95. The summed E-state index contributed by atoms with van der Waals surface area (Å²) in [6.07, 6.45) is 10.6. The van der Waals surface area contributed by atoms with Gasteiger partial charge < -0.3 is 20.7 Å². The maximum absolute atomic E-state index is 10.0. The third-order valence-electron chi connectivity index (χ3n) is 6.20. The fourth-order valence-corrected chi connectivity index (χ4v) is 4.00. The molecule has 0 saturated heterocycles. The molecule has 3 heterocycles. The highest BCUT2D eigenvalue weighted by atomic mass is 16.5. The number of hydrogen-bond acceptors (Lipinski definition) is 9. The molecule has 0 spiro atoms. The largest absolute Gasteiger partial charge is 0.404 e. The first-order chi connectivity index (χ1) is 16.6. The number of nitrogens with one attached hydrogen (secondary N) is 1. The quantitative estimate of drug-likeness (QED) is 0.380. The monoisotopic (exact) mass is 476 g/mol. The Kier molecular flexibility index (Phi) is 6.58. The lowest BCUT2D eigenvalue weighted by molar-refractivity contribution is 0.0577. The minimum atomic E-state index is -0.876. The molecule has 4 rings (SSSR count). The number of aliphatic imine (C=N–C) groups is 1. The first kappa shape index (κ1) is 24.3. The maximum Gasteiger partial charge on any atom is 0.261 e. The summed E-state index contributed by atoms with van der Waals surface area (Å²) in [5.41, 5.74) is 7.58. The van der Waals surface area contributed by atoms with Crippen LogP contribution in [0.15, 0.2) is 58.8 Å². The van der Waals surface area contributed by atoms with E-state index in [1.807, 2.05) is 18.3 Å². The van der Waals surface area contributed by atoms with Crippen LogP contribution in [-0.4, -0.2) is 48.9 Å². The van der Waals surface area contributed by atoms with Crippen molar-refractivity contribution in [3.05, 3.63) is 66.4 Å². The SMILES string of the molecule is C=C(/N=C\C(=C/N)c1ccc([C@](C)(c2noc(-c3cnn(CC(C)(C)O)c3)n2)C2CC2)cn1)NC. The van der Waals surface area contributed by atoms with Crippen LogP contribution in [0.1, 0.15) is 50.7 Å². The van der Waals surface area contributed by atoms with Crippen molar-refractivity contribution in [3.8, 4) is 11.5 Å². The molecule has 3 aromatic heterocycles. The minimum absolute atomic E-state index is 0.360. The standard InChI is InChI=1S/C25H32N8O2/c1-16(27-5)28-11-17(10-26)21-9-8-20(13-29-21)25(4,19-6-7-19)23-31-22(35-32-23)18-12-30-33(14-18)15-24(2,3)34/h8-14,19,27,34H,1,6-7,15,26H2,2-5H3/b17-10+,28-11-/t25-/m1/s1. The molecule has 1 aliphatic carbocycles. The third-order valence-corrected chi connectivity index (χ3v) is 6.20. The lowest BCUT2D eigenvalue weighted by Gasteiger charge is -2.26. The Hall–Kier alpha value is -3.79. The average Bonchev–Trinajstić information content (AvgIpc) is 3.39. The van der Waals surface area contributed by atoms with E-state index in [1.165, 1.54) is 6.20 Å². The van der Waals surface area contributed by atoms with Gasteiger partial charge in [-0.25, -0.2) is 4.99 Å². The lowest BCUT2D eigenvalue weighted by atomic mass is 9.77. The Labute approximate surface area is 204 Å². The van der Waals surface area contributed by atoms with Crippen LogP contribution in [0.25, 0.3) is 17.0 Å². The molecule has 0 aliphatic heterocycles. The highest BCUT2D eigenvalue weighted by Gasteiger charge is 2.47. The summed E-state index contributed by atoms with van der Waals surface area (Å²) in [6.45, 7) is 9.74. The molecular weight excluding hydrogens is 444 g/mol. The molecule has 0 amide bonds. The van der Waals surface area contributed by atoms with Crippen LogP contribution in [0.5, 0.6) is 0 Å². The van der Waals surface area contributed by atoms with Crippen molar-refractivity contribution in [2.24, 2.45) is 16.6 Å². The number of hydrogen-bond donors (Lipinski definition) is 3. The number of nitrogens with two attached hydrogens (primary N) is 1. The summed E-state index contributed by atoms with van der Waals surface area (Å²) < 4.78 is 7.30. The van der Waals surface area contributed by atoms with Crippen molar-refractivity contribution in [2.75, 3.05) is 7.05 Å². The van der Waals surface area contributed by atoms with Gasteiger partial charge in [0.25, 0.3) is 5.89 Å². The Morgan fingerprint density at radius 2 is 2.11 bits per heavy atom. The molecule has 1 fully saturated rings. The molecular formula is C25H32N8O2. The molecule has 0 unspecified atom stereocenters. The van der Waals surface area contributed by atoms with E-state index in [4.69, 9.17) is 15.2 Å². The van der Waals surface area contributed by atoms with Crippen molar-refractivity contribution in [3.63, 3.8) is 0 Å². The van der Waals surface area contributed by atoms with Crippen LogP contribution in [-0.2, 0) is 12.0 Å². The van der Waals surface area contributed by atoms with E-state index < -0.39 is 11.0 Å².